The van der Waals surface area contributed by atoms with Gasteiger partial charge in [-0.3, -0.25) is 4.79 Å². The predicted molar refractivity (Wildman–Crippen MR) is 74.2 cm³/mol. The molecule has 0 atom stereocenters. The van der Waals surface area contributed by atoms with E-state index in [1.54, 1.807) is 0 Å². The fourth-order valence-electron chi connectivity index (χ4n) is 1.38. The van der Waals surface area contributed by atoms with Crippen LogP contribution in [-0.2, 0) is 6.42 Å². The van der Waals surface area contributed by atoms with E-state index in [0.717, 1.165) is 18.7 Å². The second-order valence-electron chi connectivity index (χ2n) is 3.33. The van der Waals surface area contributed by atoms with Crippen molar-refractivity contribution in [3.8, 4) is 0 Å². The Bertz CT molecular complexity index is 519. The minimum Gasteiger partial charge on any atom is -0.293 e. The topological polar surface area (TPSA) is 17.1 Å². The van der Waals surface area contributed by atoms with Gasteiger partial charge in [0, 0.05) is 10.9 Å². The van der Waals surface area contributed by atoms with E-state index in [0.29, 0.717) is 6.42 Å². The number of halogens is 2. The third-order valence-corrected chi connectivity index (χ3v) is 4.26. The molecule has 0 radical (unpaired) electrons. The molecule has 1 heterocycles. The van der Waals surface area contributed by atoms with Crippen molar-refractivity contribution < 1.29 is 4.79 Å². The summed E-state index contributed by atoms with van der Waals surface area (Å²) in [6.45, 7) is 0. The Balaban J connectivity index is 2.13. The summed E-state index contributed by atoms with van der Waals surface area (Å²) < 4.78 is 2.00. The largest absolute Gasteiger partial charge is 0.293 e. The first-order valence-electron chi connectivity index (χ1n) is 4.68. The summed E-state index contributed by atoms with van der Waals surface area (Å²) in [5.74, 6) is 0.161. The Morgan fingerprint density at radius 3 is 2.62 bits per heavy atom. The second kappa shape index (κ2) is 5.25. The van der Waals surface area contributed by atoms with Crippen LogP contribution in [0.2, 0.25) is 0 Å². The quantitative estimate of drug-likeness (QED) is 0.726. The third kappa shape index (κ3) is 3.03. The average Bonchev–Trinajstić information content (AvgIpc) is 2.65. The van der Waals surface area contributed by atoms with Crippen LogP contribution in [0.4, 0.5) is 0 Å². The molecule has 0 saturated carbocycles. The molecule has 0 aliphatic rings. The van der Waals surface area contributed by atoms with Crippen LogP contribution in [0.1, 0.15) is 15.2 Å². The highest BCUT2D eigenvalue weighted by Gasteiger charge is 2.09. The normalized spacial score (nSPS) is 10.4. The predicted octanol–water partition coefficient (Wildman–Crippen LogP) is 4.70. The highest BCUT2D eigenvalue weighted by molar-refractivity contribution is 9.11. The minimum atomic E-state index is 0.161. The van der Waals surface area contributed by atoms with Crippen molar-refractivity contribution in [3.05, 3.63) is 55.1 Å². The molecular weight excluding hydrogens is 352 g/mol. The van der Waals surface area contributed by atoms with Gasteiger partial charge >= 0.3 is 0 Å². The van der Waals surface area contributed by atoms with E-state index in [1.165, 1.54) is 11.3 Å². The van der Waals surface area contributed by atoms with Gasteiger partial charge in [0.25, 0.3) is 0 Å². The van der Waals surface area contributed by atoms with Crippen LogP contribution in [0.15, 0.2) is 44.7 Å². The van der Waals surface area contributed by atoms with Crippen LogP contribution in [0.25, 0.3) is 0 Å². The number of hydrogen-bond donors (Lipinski definition) is 0. The van der Waals surface area contributed by atoms with Crippen LogP contribution in [0.5, 0.6) is 0 Å². The third-order valence-electron chi connectivity index (χ3n) is 2.10. The average molecular weight is 360 g/mol. The van der Waals surface area contributed by atoms with Crippen LogP contribution in [0.3, 0.4) is 0 Å². The van der Waals surface area contributed by atoms with Gasteiger partial charge in [-0.1, -0.05) is 28.1 Å². The van der Waals surface area contributed by atoms with Crippen molar-refractivity contribution >= 4 is 49.0 Å². The Morgan fingerprint density at radius 1 is 1.19 bits per heavy atom. The molecule has 0 aliphatic carbocycles. The van der Waals surface area contributed by atoms with Crippen molar-refractivity contribution in [2.75, 3.05) is 0 Å². The van der Waals surface area contributed by atoms with Crippen molar-refractivity contribution in [2.45, 2.75) is 6.42 Å². The monoisotopic (exact) mass is 358 g/mol. The molecular formula is C12H8Br2OS. The van der Waals surface area contributed by atoms with Crippen LogP contribution in [0, 0.1) is 0 Å². The number of benzene rings is 1. The van der Waals surface area contributed by atoms with Crippen molar-refractivity contribution in [1.29, 1.82) is 0 Å². The Labute approximate surface area is 115 Å². The highest BCUT2D eigenvalue weighted by atomic mass is 79.9. The first-order valence-corrected chi connectivity index (χ1v) is 7.08. The van der Waals surface area contributed by atoms with Gasteiger partial charge in [-0.15, -0.1) is 11.3 Å². The molecule has 0 amide bonds. The minimum absolute atomic E-state index is 0.161. The Morgan fingerprint density at radius 2 is 2.00 bits per heavy atom. The number of ketones is 1. The molecule has 0 aliphatic heterocycles. The number of thiophene rings is 1. The van der Waals surface area contributed by atoms with Crippen molar-refractivity contribution in [2.24, 2.45) is 0 Å². The number of rotatable bonds is 3. The van der Waals surface area contributed by atoms with E-state index < -0.39 is 0 Å². The Kier molecular flexibility index (Phi) is 3.95. The zero-order chi connectivity index (χ0) is 11.5. The zero-order valence-corrected chi connectivity index (χ0v) is 12.2. The number of hydrogen-bond acceptors (Lipinski definition) is 2. The molecule has 16 heavy (non-hydrogen) atoms. The molecule has 1 nitrogen and oxygen atoms in total. The van der Waals surface area contributed by atoms with Gasteiger partial charge in [0.1, 0.15) is 0 Å². The Hall–Kier alpha value is -0.450. The molecule has 1 aromatic carbocycles. The maximum absolute atomic E-state index is 11.9. The van der Waals surface area contributed by atoms with Crippen molar-refractivity contribution in [1.82, 2.24) is 0 Å². The highest BCUT2D eigenvalue weighted by Crippen LogP contribution is 2.23. The molecule has 0 bridgehead atoms. The lowest BCUT2D eigenvalue weighted by atomic mass is 10.1. The maximum atomic E-state index is 11.9. The van der Waals surface area contributed by atoms with Gasteiger partial charge in [-0.2, -0.15) is 0 Å². The number of Topliss-reactive ketones (excluding diaryl/α,β-unsaturated/α-hetero) is 1. The summed E-state index contributed by atoms with van der Waals surface area (Å²) in [4.78, 5) is 12.7. The van der Waals surface area contributed by atoms with E-state index in [2.05, 4.69) is 31.9 Å². The first-order chi connectivity index (χ1) is 7.65. The summed E-state index contributed by atoms with van der Waals surface area (Å²) in [5.41, 5.74) is 1.03. The molecule has 0 spiro atoms. The fourth-order valence-corrected chi connectivity index (χ4v) is 3.15. The summed E-state index contributed by atoms with van der Waals surface area (Å²) >= 11 is 8.23. The molecule has 1 aromatic heterocycles. The van der Waals surface area contributed by atoms with E-state index >= 15 is 0 Å². The lowest BCUT2D eigenvalue weighted by Gasteiger charge is -1.99. The molecule has 0 fully saturated rings. The number of carbonyl (C=O) groups is 1. The molecule has 82 valence electrons. The van der Waals surface area contributed by atoms with Gasteiger partial charge in [-0.05, 0) is 45.8 Å². The first kappa shape index (κ1) is 12.0. The lowest BCUT2D eigenvalue weighted by Crippen LogP contribution is -2.00. The molecule has 0 unspecified atom stereocenters. The van der Waals surface area contributed by atoms with Gasteiger partial charge in [0.15, 0.2) is 5.78 Å². The zero-order valence-electron chi connectivity index (χ0n) is 8.24. The standard InChI is InChI=1S/C12H8Br2OS/c13-9-3-1-2-8(6-9)7-10(15)11-4-5-12(14)16-11/h1-6H,7H2. The van der Waals surface area contributed by atoms with Gasteiger partial charge in [0.2, 0.25) is 0 Å². The fraction of sp³-hybridized carbons (Fsp3) is 0.0833. The van der Waals surface area contributed by atoms with Gasteiger partial charge in [-0.25, -0.2) is 0 Å². The molecule has 0 N–H and O–H groups in total. The van der Waals surface area contributed by atoms with Crippen LogP contribution < -0.4 is 0 Å². The summed E-state index contributed by atoms with van der Waals surface area (Å²) in [5, 5.41) is 0. The smallest absolute Gasteiger partial charge is 0.177 e. The van der Waals surface area contributed by atoms with E-state index in [1.807, 2.05) is 36.4 Å². The molecule has 4 heteroatoms. The summed E-state index contributed by atoms with van der Waals surface area (Å²) in [7, 11) is 0. The summed E-state index contributed by atoms with van der Waals surface area (Å²) in [6.07, 6.45) is 0.451. The summed E-state index contributed by atoms with van der Waals surface area (Å²) in [6, 6.07) is 11.6. The second-order valence-corrected chi connectivity index (χ2v) is 6.71. The lowest BCUT2D eigenvalue weighted by molar-refractivity contribution is 0.0997. The SMILES string of the molecule is O=C(Cc1cccc(Br)c1)c1ccc(Br)s1. The van der Waals surface area contributed by atoms with E-state index in [-0.39, 0.29) is 5.78 Å². The van der Waals surface area contributed by atoms with Crippen LogP contribution in [-0.4, -0.2) is 5.78 Å². The molecule has 0 saturated heterocycles. The molecule has 2 aromatic rings. The van der Waals surface area contributed by atoms with Crippen molar-refractivity contribution in [3.63, 3.8) is 0 Å². The molecule has 2 rings (SSSR count). The van der Waals surface area contributed by atoms with E-state index in [9.17, 15) is 4.79 Å². The number of carbonyl (C=O) groups excluding carboxylic acids is 1. The van der Waals surface area contributed by atoms with Crippen LogP contribution >= 0.6 is 43.2 Å². The van der Waals surface area contributed by atoms with E-state index in [4.69, 9.17) is 0 Å². The van der Waals surface area contributed by atoms with Gasteiger partial charge < -0.3 is 0 Å². The maximum Gasteiger partial charge on any atom is 0.177 e. The van der Waals surface area contributed by atoms with Gasteiger partial charge in [0.05, 0.1) is 8.66 Å².